The van der Waals surface area contributed by atoms with Crippen molar-refractivity contribution < 1.29 is 14.7 Å². The fourth-order valence-corrected chi connectivity index (χ4v) is 3.01. The van der Waals surface area contributed by atoms with Gasteiger partial charge in [0, 0.05) is 8.95 Å². The second kappa shape index (κ2) is 7.05. The van der Waals surface area contributed by atoms with Crippen molar-refractivity contribution in [2.75, 3.05) is 5.32 Å². The first-order valence-electron chi connectivity index (χ1n) is 5.63. The molecule has 3 N–H and O–H groups in total. The van der Waals surface area contributed by atoms with Crippen LogP contribution in [0.4, 0.5) is 10.5 Å². The van der Waals surface area contributed by atoms with Gasteiger partial charge >= 0.3 is 12.0 Å². The molecule has 2 rings (SSSR count). The Morgan fingerprint density at radius 3 is 2.81 bits per heavy atom. The zero-order chi connectivity index (χ0) is 15.4. The van der Waals surface area contributed by atoms with Crippen LogP contribution in [0.1, 0.15) is 15.5 Å². The Morgan fingerprint density at radius 2 is 2.19 bits per heavy atom. The third-order valence-corrected chi connectivity index (χ3v) is 4.18. The summed E-state index contributed by atoms with van der Waals surface area (Å²) in [5.41, 5.74) is 0.470. The van der Waals surface area contributed by atoms with E-state index in [0.717, 1.165) is 3.57 Å². The Labute approximate surface area is 142 Å². The van der Waals surface area contributed by atoms with E-state index in [1.165, 1.54) is 16.7 Å². The minimum atomic E-state index is -1.09. The second-order valence-corrected chi connectivity index (χ2v) is 6.46. The van der Waals surface area contributed by atoms with Crippen molar-refractivity contribution >= 4 is 63.2 Å². The molecule has 2 aromatic rings. The van der Waals surface area contributed by atoms with Gasteiger partial charge in [0.2, 0.25) is 0 Å². The van der Waals surface area contributed by atoms with Gasteiger partial charge in [-0.15, -0.1) is 11.3 Å². The number of halogens is 2. The van der Waals surface area contributed by atoms with Gasteiger partial charge in [0.15, 0.2) is 5.69 Å². The highest BCUT2D eigenvalue weighted by molar-refractivity contribution is 14.1. The van der Waals surface area contributed by atoms with Gasteiger partial charge in [-0.25, -0.2) is 14.6 Å². The van der Waals surface area contributed by atoms with Crippen molar-refractivity contribution in [2.45, 2.75) is 6.54 Å². The molecule has 2 amide bonds. The molecule has 21 heavy (non-hydrogen) atoms. The summed E-state index contributed by atoms with van der Waals surface area (Å²) in [6.45, 7) is 0.145. The summed E-state index contributed by atoms with van der Waals surface area (Å²) in [6.07, 6.45) is 0. The first-order chi connectivity index (χ1) is 9.95. The molecule has 0 aliphatic carbocycles. The van der Waals surface area contributed by atoms with Gasteiger partial charge in [-0.05, 0) is 40.8 Å². The van der Waals surface area contributed by atoms with E-state index >= 15 is 0 Å². The Kier molecular flexibility index (Phi) is 5.37. The maximum atomic E-state index is 11.7. The normalized spacial score (nSPS) is 10.2. The number of aromatic nitrogens is 1. The van der Waals surface area contributed by atoms with Gasteiger partial charge in [0.25, 0.3) is 0 Å². The molecule has 1 aromatic carbocycles. The molecule has 0 saturated heterocycles. The van der Waals surface area contributed by atoms with E-state index in [2.05, 4.69) is 38.2 Å². The number of carboxylic acids is 1. The fourth-order valence-electron chi connectivity index (χ4n) is 1.40. The van der Waals surface area contributed by atoms with Gasteiger partial charge in [-0.1, -0.05) is 11.6 Å². The number of carbonyl (C=O) groups is 2. The number of nitrogens with one attached hydrogen (secondary N) is 2. The maximum Gasteiger partial charge on any atom is 0.355 e. The predicted octanol–water partition coefficient (Wildman–Crippen LogP) is 3.42. The predicted molar refractivity (Wildman–Crippen MR) is 89.1 cm³/mol. The Morgan fingerprint density at radius 1 is 1.43 bits per heavy atom. The molecule has 0 bridgehead atoms. The zero-order valence-corrected chi connectivity index (χ0v) is 14.1. The molecule has 9 heteroatoms. The number of hydrogen-bond acceptors (Lipinski definition) is 4. The number of amides is 2. The largest absolute Gasteiger partial charge is 0.476 e. The number of aromatic carboxylic acids is 1. The Balaban J connectivity index is 1.91. The van der Waals surface area contributed by atoms with Crippen molar-refractivity contribution in [3.63, 3.8) is 0 Å². The average molecular weight is 438 g/mol. The van der Waals surface area contributed by atoms with E-state index in [1.807, 2.05) is 6.07 Å². The SMILES string of the molecule is O=C(NCc1nc(C(=O)O)cs1)Nc1ccc(I)cc1Cl. The van der Waals surface area contributed by atoms with E-state index in [0.29, 0.717) is 15.7 Å². The third-order valence-electron chi connectivity index (χ3n) is 2.35. The zero-order valence-electron chi connectivity index (χ0n) is 10.4. The standard InChI is InChI=1S/C12H9ClIN3O3S/c13-7-3-6(14)1-2-8(7)17-12(20)15-4-10-16-9(5-21-10)11(18)19/h1-3,5H,4H2,(H,18,19)(H2,15,17,20). The molecular weight excluding hydrogens is 429 g/mol. The highest BCUT2D eigenvalue weighted by Gasteiger charge is 2.10. The van der Waals surface area contributed by atoms with E-state index in [-0.39, 0.29) is 12.2 Å². The van der Waals surface area contributed by atoms with E-state index in [1.54, 1.807) is 12.1 Å². The smallest absolute Gasteiger partial charge is 0.355 e. The van der Waals surface area contributed by atoms with Crippen molar-refractivity contribution in [3.8, 4) is 0 Å². The molecule has 1 aromatic heterocycles. The topological polar surface area (TPSA) is 91.3 Å². The van der Waals surface area contributed by atoms with Crippen molar-refractivity contribution in [1.82, 2.24) is 10.3 Å². The van der Waals surface area contributed by atoms with Crippen LogP contribution < -0.4 is 10.6 Å². The minimum Gasteiger partial charge on any atom is -0.476 e. The molecule has 0 spiro atoms. The number of thiazole rings is 1. The highest BCUT2D eigenvalue weighted by atomic mass is 127. The van der Waals surface area contributed by atoms with Crippen LogP contribution in [0, 0.1) is 3.57 Å². The molecule has 0 aliphatic rings. The second-order valence-electron chi connectivity index (χ2n) is 3.86. The number of anilines is 1. The molecule has 110 valence electrons. The monoisotopic (exact) mass is 437 g/mol. The van der Waals surface area contributed by atoms with Crippen LogP contribution in [0.2, 0.25) is 5.02 Å². The van der Waals surface area contributed by atoms with Gasteiger partial charge in [0.05, 0.1) is 17.3 Å². The lowest BCUT2D eigenvalue weighted by atomic mass is 10.3. The van der Waals surface area contributed by atoms with Crippen LogP contribution in [0.15, 0.2) is 23.6 Å². The summed E-state index contributed by atoms with van der Waals surface area (Å²) < 4.78 is 0.965. The fraction of sp³-hybridized carbons (Fsp3) is 0.0833. The van der Waals surface area contributed by atoms with Crippen LogP contribution in [0.25, 0.3) is 0 Å². The number of carbonyl (C=O) groups excluding carboxylic acids is 1. The summed E-state index contributed by atoms with van der Waals surface area (Å²) in [5.74, 6) is -1.09. The lowest BCUT2D eigenvalue weighted by Crippen LogP contribution is -2.28. The molecule has 0 aliphatic heterocycles. The van der Waals surface area contributed by atoms with Crippen molar-refractivity contribution in [3.05, 3.63) is 42.9 Å². The molecule has 0 unspecified atom stereocenters. The van der Waals surface area contributed by atoms with Gasteiger partial charge in [-0.3, -0.25) is 0 Å². The van der Waals surface area contributed by atoms with Crippen LogP contribution in [0.3, 0.4) is 0 Å². The molecule has 1 heterocycles. The molecule has 0 atom stereocenters. The number of nitrogens with zero attached hydrogens (tertiary/aromatic N) is 1. The summed E-state index contributed by atoms with van der Waals surface area (Å²) >= 11 is 9.30. The van der Waals surface area contributed by atoms with Crippen LogP contribution >= 0.6 is 45.5 Å². The number of rotatable bonds is 4. The van der Waals surface area contributed by atoms with Gasteiger partial charge in [0.1, 0.15) is 5.01 Å². The number of hydrogen-bond donors (Lipinski definition) is 3. The van der Waals surface area contributed by atoms with Crippen LogP contribution in [-0.2, 0) is 6.54 Å². The van der Waals surface area contributed by atoms with Crippen molar-refractivity contribution in [1.29, 1.82) is 0 Å². The van der Waals surface area contributed by atoms with Crippen molar-refractivity contribution in [2.24, 2.45) is 0 Å². The van der Waals surface area contributed by atoms with E-state index in [9.17, 15) is 9.59 Å². The lowest BCUT2D eigenvalue weighted by molar-refractivity contribution is 0.0691. The van der Waals surface area contributed by atoms with Crippen LogP contribution in [-0.4, -0.2) is 22.1 Å². The minimum absolute atomic E-state index is 0.0297. The lowest BCUT2D eigenvalue weighted by Gasteiger charge is -2.08. The molecule has 0 saturated carbocycles. The number of urea groups is 1. The maximum absolute atomic E-state index is 11.7. The number of carboxylic acid groups (broad SMARTS) is 1. The summed E-state index contributed by atoms with van der Waals surface area (Å²) in [5, 5.41) is 16.3. The first-order valence-corrected chi connectivity index (χ1v) is 7.97. The Bertz CT molecular complexity index is 692. The summed E-state index contributed by atoms with van der Waals surface area (Å²) in [7, 11) is 0. The molecule has 0 radical (unpaired) electrons. The van der Waals surface area contributed by atoms with Gasteiger partial charge in [-0.2, -0.15) is 0 Å². The third kappa shape index (κ3) is 4.55. The summed E-state index contributed by atoms with van der Waals surface area (Å²) in [6, 6.07) is 4.82. The molecule has 0 fully saturated rings. The highest BCUT2D eigenvalue weighted by Crippen LogP contribution is 2.23. The molecule has 6 nitrogen and oxygen atoms in total. The van der Waals surface area contributed by atoms with Crippen LogP contribution in [0.5, 0.6) is 0 Å². The van der Waals surface area contributed by atoms with E-state index < -0.39 is 12.0 Å². The van der Waals surface area contributed by atoms with E-state index in [4.69, 9.17) is 16.7 Å². The quantitative estimate of drug-likeness (QED) is 0.639. The summed E-state index contributed by atoms with van der Waals surface area (Å²) in [4.78, 5) is 26.3. The van der Waals surface area contributed by atoms with Gasteiger partial charge < -0.3 is 15.7 Å². The Hall–Kier alpha value is -1.39. The number of benzene rings is 1. The molecular formula is C12H9ClIN3O3S. The average Bonchev–Trinajstić information content (AvgIpc) is 2.89. The first kappa shape index (κ1) is 16.0.